The second-order valence-electron chi connectivity index (χ2n) is 5.28. The van der Waals surface area contributed by atoms with E-state index >= 15 is 0 Å². The number of nitrogens with one attached hydrogen (secondary N) is 1. The van der Waals surface area contributed by atoms with Gasteiger partial charge in [0, 0.05) is 19.2 Å². The summed E-state index contributed by atoms with van der Waals surface area (Å²) < 4.78 is 24.7. The van der Waals surface area contributed by atoms with Crippen molar-refractivity contribution < 1.29 is 18.3 Å². The number of carbonyl (C=O) groups excluding carboxylic acids is 1. The van der Waals surface area contributed by atoms with Crippen LogP contribution in [0.2, 0.25) is 0 Å². The molecule has 1 N–H and O–H groups in total. The number of hydrazone groups is 1. The minimum absolute atomic E-state index is 0.142. The van der Waals surface area contributed by atoms with Gasteiger partial charge >= 0.3 is 0 Å². The molecule has 0 radical (unpaired) electrons. The van der Waals surface area contributed by atoms with Gasteiger partial charge in [-0.25, -0.2) is 9.82 Å². The predicted molar refractivity (Wildman–Crippen MR) is 87.9 cm³/mol. The molecule has 25 heavy (non-hydrogen) atoms. The molecule has 0 atom stereocenters. The third-order valence-electron chi connectivity index (χ3n) is 3.64. The minimum atomic E-state index is -0.778. The topological polar surface area (TPSA) is 90.9 Å². The molecule has 1 aliphatic rings. The molecule has 0 unspecified atom stereocenters. The van der Waals surface area contributed by atoms with Crippen LogP contribution in [0, 0.1) is 17.1 Å². The van der Waals surface area contributed by atoms with Crippen molar-refractivity contribution in [1.29, 1.82) is 5.26 Å². The Labute approximate surface area is 143 Å². The van der Waals surface area contributed by atoms with Crippen LogP contribution >= 0.6 is 0 Å². The summed E-state index contributed by atoms with van der Waals surface area (Å²) in [5.74, 6) is -0.325. The number of hydrogen-bond donors (Lipinski definition) is 1. The van der Waals surface area contributed by atoms with Gasteiger partial charge in [-0.05, 0) is 24.3 Å². The standard InChI is InChI=1S/C17H15FN4O3/c18-15-9-12(10-19)1-3-14(15)17(23)21-20-11-13-2-4-16(25-13)22-5-7-24-8-6-22/h1-4,9,11H,5-8H2,(H,21,23). The van der Waals surface area contributed by atoms with Gasteiger partial charge in [0.15, 0.2) is 5.88 Å². The highest BCUT2D eigenvalue weighted by atomic mass is 19.1. The highest BCUT2D eigenvalue weighted by molar-refractivity contribution is 5.95. The number of furan rings is 1. The van der Waals surface area contributed by atoms with Crippen molar-refractivity contribution in [2.24, 2.45) is 5.10 Å². The zero-order valence-electron chi connectivity index (χ0n) is 13.2. The van der Waals surface area contributed by atoms with Gasteiger partial charge in [0.1, 0.15) is 11.6 Å². The fourth-order valence-corrected chi connectivity index (χ4v) is 2.35. The van der Waals surface area contributed by atoms with Crippen molar-refractivity contribution >= 4 is 18.0 Å². The monoisotopic (exact) mass is 342 g/mol. The van der Waals surface area contributed by atoms with Crippen molar-refractivity contribution in [2.45, 2.75) is 0 Å². The number of nitriles is 1. The third-order valence-corrected chi connectivity index (χ3v) is 3.64. The molecular formula is C17H15FN4O3. The number of amides is 1. The average Bonchev–Trinajstić information content (AvgIpc) is 3.11. The van der Waals surface area contributed by atoms with Crippen LogP contribution in [0.4, 0.5) is 10.3 Å². The molecular weight excluding hydrogens is 327 g/mol. The molecule has 0 bridgehead atoms. The fourth-order valence-electron chi connectivity index (χ4n) is 2.35. The number of hydrogen-bond acceptors (Lipinski definition) is 6. The Hall–Kier alpha value is -3.18. The van der Waals surface area contributed by atoms with Crippen LogP contribution in [-0.4, -0.2) is 38.4 Å². The Bertz CT molecular complexity index is 835. The van der Waals surface area contributed by atoms with Crippen LogP contribution in [0.1, 0.15) is 21.7 Å². The summed E-state index contributed by atoms with van der Waals surface area (Å²) in [4.78, 5) is 14.0. The van der Waals surface area contributed by atoms with Crippen LogP contribution < -0.4 is 10.3 Å². The lowest BCUT2D eigenvalue weighted by Crippen LogP contribution is -2.35. The second-order valence-corrected chi connectivity index (χ2v) is 5.28. The Kier molecular flexibility index (Phi) is 5.06. The predicted octanol–water partition coefficient (Wildman–Crippen LogP) is 1.89. The molecule has 1 saturated heterocycles. The van der Waals surface area contributed by atoms with Crippen LogP contribution in [0.25, 0.3) is 0 Å². The second kappa shape index (κ2) is 7.59. The quantitative estimate of drug-likeness (QED) is 0.677. The molecule has 0 spiro atoms. The van der Waals surface area contributed by atoms with E-state index in [2.05, 4.69) is 10.5 Å². The van der Waals surface area contributed by atoms with Crippen LogP contribution in [0.3, 0.4) is 0 Å². The van der Waals surface area contributed by atoms with E-state index in [1.54, 1.807) is 12.1 Å². The maximum absolute atomic E-state index is 13.7. The maximum Gasteiger partial charge on any atom is 0.274 e. The molecule has 1 fully saturated rings. The summed E-state index contributed by atoms with van der Waals surface area (Å²) >= 11 is 0. The lowest BCUT2D eigenvalue weighted by Gasteiger charge is -2.26. The number of nitrogens with zero attached hydrogens (tertiary/aromatic N) is 3. The highest BCUT2D eigenvalue weighted by Crippen LogP contribution is 2.18. The fraction of sp³-hybridized carbons (Fsp3) is 0.235. The van der Waals surface area contributed by atoms with Gasteiger partial charge in [-0.3, -0.25) is 4.79 Å². The molecule has 7 nitrogen and oxygen atoms in total. The van der Waals surface area contributed by atoms with E-state index in [-0.39, 0.29) is 11.1 Å². The van der Waals surface area contributed by atoms with Crippen molar-refractivity contribution in [1.82, 2.24) is 5.43 Å². The minimum Gasteiger partial charge on any atom is -0.440 e. The number of morpholine rings is 1. The molecule has 8 heteroatoms. The Morgan fingerprint density at radius 3 is 2.84 bits per heavy atom. The summed E-state index contributed by atoms with van der Waals surface area (Å²) in [5, 5.41) is 12.5. The first-order valence-electron chi connectivity index (χ1n) is 7.63. The van der Waals surface area contributed by atoms with E-state index in [1.807, 2.05) is 11.0 Å². The summed E-state index contributed by atoms with van der Waals surface area (Å²) in [6, 6.07) is 8.94. The Balaban J connectivity index is 1.60. The number of ether oxygens (including phenoxy) is 1. The zero-order valence-corrected chi connectivity index (χ0v) is 13.2. The molecule has 128 valence electrons. The van der Waals surface area contributed by atoms with E-state index < -0.39 is 11.7 Å². The number of anilines is 1. The summed E-state index contributed by atoms with van der Waals surface area (Å²) in [7, 11) is 0. The van der Waals surface area contributed by atoms with Crippen molar-refractivity contribution in [3.63, 3.8) is 0 Å². The van der Waals surface area contributed by atoms with Crippen molar-refractivity contribution in [3.05, 3.63) is 53.0 Å². The SMILES string of the molecule is N#Cc1ccc(C(=O)NN=Cc2ccc(N3CCOCC3)o2)c(F)c1. The number of carbonyl (C=O) groups is 1. The zero-order chi connectivity index (χ0) is 17.6. The van der Waals surface area contributed by atoms with Gasteiger partial charge in [0.2, 0.25) is 0 Å². The molecule has 0 saturated carbocycles. The first-order chi connectivity index (χ1) is 12.2. The highest BCUT2D eigenvalue weighted by Gasteiger charge is 2.14. The van der Waals surface area contributed by atoms with Crippen LogP contribution in [-0.2, 0) is 4.74 Å². The first-order valence-corrected chi connectivity index (χ1v) is 7.63. The van der Waals surface area contributed by atoms with E-state index in [9.17, 15) is 9.18 Å². The molecule has 1 aliphatic heterocycles. The van der Waals surface area contributed by atoms with Crippen LogP contribution in [0.15, 0.2) is 39.9 Å². The Morgan fingerprint density at radius 1 is 1.32 bits per heavy atom. The van der Waals surface area contributed by atoms with Gasteiger partial charge in [-0.1, -0.05) is 0 Å². The smallest absolute Gasteiger partial charge is 0.274 e. The molecule has 2 heterocycles. The summed E-state index contributed by atoms with van der Waals surface area (Å²) in [6.07, 6.45) is 1.34. The molecule has 1 aromatic heterocycles. The largest absolute Gasteiger partial charge is 0.440 e. The number of halogens is 1. The molecule has 2 aromatic rings. The first kappa shape index (κ1) is 16.7. The van der Waals surface area contributed by atoms with Gasteiger partial charge in [0.25, 0.3) is 5.91 Å². The maximum atomic E-state index is 13.7. The van der Waals surface area contributed by atoms with Gasteiger partial charge in [-0.2, -0.15) is 10.4 Å². The van der Waals surface area contributed by atoms with E-state index in [0.29, 0.717) is 24.9 Å². The number of benzene rings is 1. The summed E-state index contributed by atoms with van der Waals surface area (Å²) in [5.41, 5.74) is 2.18. The van der Waals surface area contributed by atoms with Gasteiger partial charge in [0.05, 0.1) is 36.6 Å². The van der Waals surface area contributed by atoms with E-state index in [1.165, 1.54) is 18.3 Å². The summed E-state index contributed by atoms with van der Waals surface area (Å²) in [6.45, 7) is 2.80. The Morgan fingerprint density at radius 2 is 2.12 bits per heavy atom. The van der Waals surface area contributed by atoms with Crippen molar-refractivity contribution in [3.8, 4) is 6.07 Å². The third kappa shape index (κ3) is 4.02. The lowest BCUT2D eigenvalue weighted by atomic mass is 10.1. The average molecular weight is 342 g/mol. The number of rotatable bonds is 4. The normalized spacial score (nSPS) is 14.5. The van der Waals surface area contributed by atoms with E-state index in [0.717, 1.165) is 19.2 Å². The van der Waals surface area contributed by atoms with E-state index in [4.69, 9.17) is 14.4 Å². The molecule has 1 aromatic carbocycles. The van der Waals surface area contributed by atoms with Crippen LogP contribution in [0.5, 0.6) is 0 Å². The molecule has 0 aliphatic carbocycles. The lowest BCUT2D eigenvalue weighted by molar-refractivity contribution is 0.0951. The van der Waals surface area contributed by atoms with Gasteiger partial charge < -0.3 is 14.1 Å². The molecule has 3 rings (SSSR count). The van der Waals surface area contributed by atoms with Gasteiger partial charge in [-0.15, -0.1) is 0 Å². The molecule has 1 amide bonds. The van der Waals surface area contributed by atoms with Crippen molar-refractivity contribution in [2.75, 3.05) is 31.2 Å².